The first-order chi connectivity index (χ1) is 21.9. The third kappa shape index (κ3) is 8.70. The van der Waals surface area contributed by atoms with Gasteiger partial charge in [-0.1, -0.05) is 12.8 Å². The Kier molecular flexibility index (Phi) is 11.1. The smallest absolute Gasteiger partial charge is 0.427 e. The van der Waals surface area contributed by atoms with Crippen molar-refractivity contribution >= 4 is 46.2 Å². The largest absolute Gasteiger partial charge is 0.454 e. The second-order valence-electron chi connectivity index (χ2n) is 10.9. The number of aryl methyl sites for hydroxylation is 2. The number of benzene rings is 2. The monoisotopic (exact) mass is 690 g/mol. The summed E-state index contributed by atoms with van der Waals surface area (Å²) in [6.45, 7) is 0. The molecule has 0 bridgehead atoms. The third-order valence-corrected chi connectivity index (χ3v) is 7.95. The van der Waals surface area contributed by atoms with Crippen LogP contribution < -0.4 is 10.6 Å². The summed E-state index contributed by atoms with van der Waals surface area (Å²) in [5.41, 5.74) is 2.73. The van der Waals surface area contributed by atoms with Crippen LogP contribution in [0.4, 0.5) is 20.2 Å². The number of hydrogen-bond acceptors (Lipinski definition) is 6. The molecule has 236 valence electrons. The van der Waals surface area contributed by atoms with Crippen molar-refractivity contribution in [3.8, 4) is 12.1 Å². The van der Waals surface area contributed by atoms with Crippen molar-refractivity contribution in [1.29, 1.82) is 10.5 Å². The van der Waals surface area contributed by atoms with E-state index in [1.807, 2.05) is 19.3 Å². The summed E-state index contributed by atoms with van der Waals surface area (Å²) >= 11 is 3.28. The molecule has 2 aliphatic rings. The number of nitriles is 2. The summed E-state index contributed by atoms with van der Waals surface area (Å²) in [7, 11) is 2.53. The Hall–Kier alpha value is -4.76. The number of carbonyl (C=O) groups is 2. The first kappa shape index (κ1) is 34.1. The molecular weight excluding hydrogens is 661 g/mol. The Bertz CT molecular complexity index is 1820. The number of nitrogens with one attached hydrogen (secondary N) is 2. The van der Waals surface area contributed by atoms with Crippen LogP contribution in [-0.2, 0) is 14.1 Å². The van der Waals surface area contributed by atoms with Crippen LogP contribution in [0.15, 0.2) is 65.4 Å². The fourth-order valence-electron chi connectivity index (χ4n) is 4.48. The maximum absolute atomic E-state index is 13.3. The van der Waals surface area contributed by atoms with Crippen LogP contribution >= 0.6 is 15.9 Å². The van der Waals surface area contributed by atoms with E-state index in [2.05, 4.69) is 26.6 Å². The zero-order valence-electron chi connectivity index (χ0n) is 25.0. The Morgan fingerprint density at radius 1 is 0.826 bits per heavy atom. The fourth-order valence-corrected chi connectivity index (χ4v) is 5.06. The molecule has 0 unspecified atom stereocenters. The fraction of sp³-hybridized carbons (Fsp3) is 0.250. The van der Waals surface area contributed by atoms with Crippen LogP contribution in [0.1, 0.15) is 69.3 Å². The lowest BCUT2D eigenvalue weighted by Crippen LogP contribution is -2.17. The molecule has 2 saturated carbocycles. The highest BCUT2D eigenvalue weighted by atomic mass is 79.9. The van der Waals surface area contributed by atoms with Gasteiger partial charge in [0.05, 0.1) is 11.1 Å². The second-order valence-corrected chi connectivity index (χ2v) is 11.8. The predicted molar refractivity (Wildman–Crippen MR) is 172 cm³/mol. The number of amides is 2. The predicted octanol–water partition coefficient (Wildman–Crippen LogP) is 5.84. The van der Waals surface area contributed by atoms with Crippen molar-refractivity contribution in [2.24, 2.45) is 14.1 Å². The van der Waals surface area contributed by atoms with Gasteiger partial charge in [0.15, 0.2) is 0 Å². The van der Waals surface area contributed by atoms with Gasteiger partial charge in [-0.2, -0.15) is 10.5 Å². The molecule has 2 amide bonds. The highest BCUT2D eigenvalue weighted by Gasteiger charge is 2.33. The van der Waals surface area contributed by atoms with Crippen LogP contribution in [0, 0.1) is 34.3 Å². The molecule has 4 aromatic rings. The SMILES string of the molecule is Cn1ccc(Br)c1C(=O)Nc1ccc(F)c(C#N)c1.Cn1ccc(C2CC2)c1C(=O)Nc1ccc(F)c(C#N)c1.OB(O)C1CC1. The zero-order chi connectivity index (χ0) is 33.5. The summed E-state index contributed by atoms with van der Waals surface area (Å²) < 4.78 is 30.6. The molecule has 46 heavy (non-hydrogen) atoms. The second kappa shape index (κ2) is 15.0. The van der Waals surface area contributed by atoms with Crippen molar-refractivity contribution in [3.05, 3.63) is 105 Å². The molecule has 4 N–H and O–H groups in total. The van der Waals surface area contributed by atoms with E-state index in [9.17, 15) is 18.4 Å². The average Bonchev–Trinajstić information content (AvgIpc) is 3.96. The molecule has 2 aromatic heterocycles. The molecular formula is C32H30BBrF2N6O4. The number of nitrogens with zero attached hydrogens (tertiary/aromatic N) is 4. The van der Waals surface area contributed by atoms with Gasteiger partial charge in [-0.15, -0.1) is 0 Å². The summed E-state index contributed by atoms with van der Waals surface area (Å²) in [6.07, 6.45) is 7.83. The molecule has 10 nitrogen and oxygen atoms in total. The minimum atomic E-state index is -1.04. The highest BCUT2D eigenvalue weighted by Crippen LogP contribution is 2.42. The molecule has 6 rings (SSSR count). The first-order valence-electron chi connectivity index (χ1n) is 14.3. The molecule has 2 aromatic carbocycles. The van der Waals surface area contributed by atoms with Crippen molar-refractivity contribution in [3.63, 3.8) is 0 Å². The van der Waals surface area contributed by atoms with Crippen molar-refractivity contribution in [2.45, 2.75) is 37.4 Å². The van der Waals surface area contributed by atoms with E-state index in [-0.39, 0.29) is 28.8 Å². The number of hydrogen-bond donors (Lipinski definition) is 4. The van der Waals surface area contributed by atoms with E-state index in [0.717, 1.165) is 37.3 Å². The normalized spacial score (nSPS) is 13.2. The van der Waals surface area contributed by atoms with E-state index in [1.165, 1.54) is 30.3 Å². The van der Waals surface area contributed by atoms with Gasteiger partial charge in [-0.05, 0) is 94.6 Å². The van der Waals surface area contributed by atoms with Gasteiger partial charge < -0.3 is 29.8 Å². The summed E-state index contributed by atoms with van der Waals surface area (Å²) in [4.78, 5) is 24.5. The summed E-state index contributed by atoms with van der Waals surface area (Å²) in [5.74, 6) is -1.09. The van der Waals surface area contributed by atoms with Crippen LogP contribution in [0.5, 0.6) is 0 Å². The van der Waals surface area contributed by atoms with E-state index in [4.69, 9.17) is 20.6 Å². The summed E-state index contributed by atoms with van der Waals surface area (Å²) in [6, 6.07) is 15.0. The molecule has 0 saturated heterocycles. The highest BCUT2D eigenvalue weighted by molar-refractivity contribution is 9.10. The number of halogens is 3. The molecule has 0 spiro atoms. The van der Waals surface area contributed by atoms with Crippen molar-refractivity contribution < 1.29 is 28.4 Å². The maximum atomic E-state index is 13.3. The van der Waals surface area contributed by atoms with Crippen LogP contribution in [0.25, 0.3) is 0 Å². The number of carbonyl (C=O) groups excluding carboxylic acids is 2. The van der Waals surface area contributed by atoms with E-state index < -0.39 is 18.8 Å². The Morgan fingerprint density at radius 3 is 1.70 bits per heavy atom. The summed E-state index contributed by atoms with van der Waals surface area (Å²) in [5, 5.41) is 39.4. The lowest BCUT2D eigenvalue weighted by atomic mass is 9.84. The maximum Gasteiger partial charge on any atom is 0.454 e. The van der Waals surface area contributed by atoms with Crippen molar-refractivity contribution in [2.75, 3.05) is 10.6 Å². The molecule has 0 aliphatic heterocycles. The lowest BCUT2D eigenvalue weighted by Gasteiger charge is -2.09. The van der Waals surface area contributed by atoms with E-state index in [1.54, 1.807) is 40.6 Å². The van der Waals surface area contributed by atoms with Gasteiger partial charge in [-0.3, -0.25) is 9.59 Å². The molecule has 0 radical (unpaired) electrons. The van der Waals surface area contributed by atoms with Gasteiger partial charge in [0.25, 0.3) is 11.8 Å². The van der Waals surface area contributed by atoms with Gasteiger partial charge in [0, 0.05) is 42.3 Å². The number of anilines is 2. The number of aromatic nitrogens is 2. The van der Waals surface area contributed by atoms with Crippen LogP contribution in [0.3, 0.4) is 0 Å². The molecule has 2 aliphatic carbocycles. The Labute approximate surface area is 273 Å². The molecule has 0 atom stereocenters. The minimum absolute atomic E-state index is 0.0814. The van der Waals surface area contributed by atoms with Crippen LogP contribution in [0.2, 0.25) is 5.82 Å². The average molecular weight is 691 g/mol. The van der Waals surface area contributed by atoms with Gasteiger partial charge in [-0.25, -0.2) is 8.78 Å². The van der Waals surface area contributed by atoms with Gasteiger partial charge in [0.2, 0.25) is 0 Å². The third-order valence-electron chi connectivity index (χ3n) is 7.31. The molecule has 14 heteroatoms. The molecule has 2 fully saturated rings. The molecule has 2 heterocycles. The quantitative estimate of drug-likeness (QED) is 0.186. The van der Waals surface area contributed by atoms with Gasteiger partial charge >= 0.3 is 7.12 Å². The van der Waals surface area contributed by atoms with Gasteiger partial charge in [0.1, 0.15) is 35.2 Å². The van der Waals surface area contributed by atoms with E-state index >= 15 is 0 Å². The lowest BCUT2D eigenvalue weighted by molar-refractivity contribution is 0.101. The van der Waals surface area contributed by atoms with Crippen molar-refractivity contribution in [1.82, 2.24) is 9.13 Å². The zero-order valence-corrected chi connectivity index (χ0v) is 26.6. The van der Waals surface area contributed by atoms with E-state index in [0.29, 0.717) is 33.2 Å². The Balaban J connectivity index is 0.000000177. The Morgan fingerprint density at radius 2 is 1.30 bits per heavy atom. The minimum Gasteiger partial charge on any atom is -0.427 e. The standard InChI is InChI=1S/C16H14FN3O.C13H9BrFN3O.C3H7BO2/c1-20-7-6-13(10-2-3-10)15(20)16(21)19-12-4-5-14(17)11(8-12)9-18;1-18-5-4-10(14)12(18)13(19)17-9-2-3-11(15)8(6-9)7-16;5-4(6)3-1-2-3/h4-8,10H,2-3H2,1H3,(H,19,21);2-6H,1H3,(H,17,19);3,5-6H,1-2H2. The topological polar surface area (TPSA) is 156 Å². The first-order valence-corrected chi connectivity index (χ1v) is 15.1. The van der Waals surface area contributed by atoms with Crippen LogP contribution in [-0.4, -0.2) is 38.1 Å². The number of rotatable bonds is 6.